The van der Waals surface area contributed by atoms with Gasteiger partial charge in [-0.05, 0) is 42.8 Å². The van der Waals surface area contributed by atoms with Crippen LogP contribution in [0, 0.1) is 22.9 Å². The summed E-state index contributed by atoms with van der Waals surface area (Å²) in [5, 5.41) is 14.3. The number of pyridine rings is 1. The number of hydrogen-bond acceptors (Lipinski definition) is 4. The number of nitro groups is 1. The highest BCUT2D eigenvalue weighted by Crippen LogP contribution is 2.23. The van der Waals surface area contributed by atoms with Gasteiger partial charge in [-0.15, -0.1) is 0 Å². The molecule has 0 radical (unpaired) electrons. The number of rotatable bonds is 4. The number of aromatic nitrogens is 1. The molecule has 7 nitrogen and oxygen atoms in total. The highest BCUT2D eigenvalue weighted by atomic mass is 19.1. The zero-order valence-corrected chi connectivity index (χ0v) is 15.9. The second kappa shape index (κ2) is 7.40. The molecule has 4 rings (SSSR count). The fraction of sp³-hybridized carbons (Fsp3) is 0.0909. The Morgan fingerprint density at radius 1 is 1.07 bits per heavy atom. The number of para-hydroxylation sites is 1. The Bertz CT molecular complexity index is 1390. The molecule has 0 aliphatic carbocycles. The molecule has 1 heterocycles. The first kappa shape index (κ1) is 19.3. The van der Waals surface area contributed by atoms with Crippen molar-refractivity contribution in [3.8, 4) is 0 Å². The average molecular weight is 405 g/mol. The lowest BCUT2D eigenvalue weighted by molar-refractivity contribution is -0.384. The number of nitrogens with one attached hydrogen (secondary N) is 1. The summed E-state index contributed by atoms with van der Waals surface area (Å²) >= 11 is 0. The largest absolute Gasteiger partial charge is 0.331 e. The maximum atomic E-state index is 13.8. The van der Waals surface area contributed by atoms with E-state index in [-0.39, 0.29) is 23.0 Å². The van der Waals surface area contributed by atoms with Crippen molar-refractivity contribution >= 4 is 39.1 Å². The van der Waals surface area contributed by atoms with Crippen LogP contribution in [0.2, 0.25) is 0 Å². The van der Waals surface area contributed by atoms with E-state index in [9.17, 15) is 24.1 Å². The van der Waals surface area contributed by atoms with Crippen LogP contribution in [0.1, 0.15) is 5.56 Å². The van der Waals surface area contributed by atoms with Gasteiger partial charge in [0, 0.05) is 23.2 Å². The fourth-order valence-corrected chi connectivity index (χ4v) is 3.42. The van der Waals surface area contributed by atoms with Gasteiger partial charge in [0.2, 0.25) is 5.91 Å². The van der Waals surface area contributed by atoms with E-state index in [1.807, 2.05) is 0 Å². The first-order valence-electron chi connectivity index (χ1n) is 9.11. The van der Waals surface area contributed by atoms with Crippen LogP contribution in [0.4, 0.5) is 15.8 Å². The highest BCUT2D eigenvalue weighted by Gasteiger charge is 2.16. The van der Waals surface area contributed by atoms with Crippen LogP contribution >= 0.6 is 0 Å². The van der Waals surface area contributed by atoms with Crippen LogP contribution in [0.3, 0.4) is 0 Å². The van der Waals surface area contributed by atoms with E-state index in [4.69, 9.17) is 0 Å². The van der Waals surface area contributed by atoms with Crippen LogP contribution in [0.5, 0.6) is 0 Å². The van der Waals surface area contributed by atoms with Crippen molar-refractivity contribution in [2.45, 2.75) is 13.5 Å². The fourth-order valence-electron chi connectivity index (χ4n) is 3.42. The van der Waals surface area contributed by atoms with Crippen molar-refractivity contribution in [1.82, 2.24) is 4.57 Å². The quantitative estimate of drug-likeness (QED) is 0.314. The predicted octanol–water partition coefficient (Wildman–Crippen LogP) is 4.15. The zero-order chi connectivity index (χ0) is 21.4. The lowest BCUT2D eigenvalue weighted by Crippen LogP contribution is -2.21. The van der Waals surface area contributed by atoms with Gasteiger partial charge in [-0.3, -0.25) is 19.7 Å². The Morgan fingerprint density at radius 2 is 1.80 bits per heavy atom. The van der Waals surface area contributed by atoms with Crippen LogP contribution in [0.15, 0.2) is 65.5 Å². The molecule has 0 bridgehead atoms. The van der Waals surface area contributed by atoms with E-state index in [0.29, 0.717) is 27.7 Å². The lowest BCUT2D eigenvalue weighted by Gasteiger charge is -2.15. The number of aryl methyl sites for hydroxylation is 1. The van der Waals surface area contributed by atoms with Gasteiger partial charge in [0.25, 0.3) is 5.69 Å². The number of anilines is 1. The molecule has 1 aromatic heterocycles. The summed E-state index contributed by atoms with van der Waals surface area (Å²) in [7, 11) is 0. The molecule has 0 atom stereocenters. The Morgan fingerprint density at radius 3 is 2.53 bits per heavy atom. The second-order valence-electron chi connectivity index (χ2n) is 6.90. The lowest BCUT2D eigenvalue weighted by atomic mass is 10.1. The average Bonchev–Trinajstić information content (AvgIpc) is 2.73. The molecule has 30 heavy (non-hydrogen) atoms. The van der Waals surface area contributed by atoms with Crippen LogP contribution in [0.25, 0.3) is 21.8 Å². The number of amides is 1. The summed E-state index contributed by atoms with van der Waals surface area (Å²) in [6.07, 6.45) is 0. The maximum Gasteiger partial charge on any atom is 0.270 e. The third kappa shape index (κ3) is 3.39. The highest BCUT2D eigenvalue weighted by molar-refractivity contribution is 5.97. The number of carbonyl (C=O) groups excluding carboxylic acids is 1. The zero-order valence-electron chi connectivity index (χ0n) is 15.9. The summed E-state index contributed by atoms with van der Waals surface area (Å²) in [5.74, 6) is -0.855. The molecule has 150 valence electrons. The Kier molecular flexibility index (Phi) is 4.75. The summed E-state index contributed by atoms with van der Waals surface area (Å²) in [6.45, 7) is 1.46. The molecule has 0 aliphatic heterocycles. The molecule has 3 aromatic carbocycles. The van der Waals surface area contributed by atoms with E-state index in [1.54, 1.807) is 47.9 Å². The Balaban J connectivity index is 1.82. The van der Waals surface area contributed by atoms with Crippen molar-refractivity contribution in [3.63, 3.8) is 0 Å². The standard InChI is InChI=1S/C22H16FN3O4/c1-13-6-7-14(10-18(13)23)24-21(27)12-25-19-5-3-2-4-16(19)22(28)17-11-15(26(29)30)8-9-20(17)25/h2-11H,12H2,1H3,(H,24,27). The Labute approximate surface area is 169 Å². The third-order valence-electron chi connectivity index (χ3n) is 4.92. The number of hydrogen-bond donors (Lipinski definition) is 1. The van der Waals surface area contributed by atoms with Crippen molar-refractivity contribution in [3.05, 3.63) is 92.4 Å². The van der Waals surface area contributed by atoms with E-state index in [1.165, 1.54) is 24.3 Å². The molecular formula is C22H16FN3O4. The van der Waals surface area contributed by atoms with Crippen molar-refractivity contribution in [2.75, 3.05) is 5.32 Å². The van der Waals surface area contributed by atoms with Gasteiger partial charge in [0.1, 0.15) is 12.4 Å². The summed E-state index contributed by atoms with van der Waals surface area (Å²) in [5.41, 5.74) is 1.14. The third-order valence-corrected chi connectivity index (χ3v) is 4.92. The number of non-ortho nitro benzene ring substituents is 1. The first-order valence-corrected chi connectivity index (χ1v) is 9.11. The minimum absolute atomic E-state index is 0.150. The van der Waals surface area contributed by atoms with Gasteiger partial charge in [-0.25, -0.2) is 4.39 Å². The molecule has 0 fully saturated rings. The second-order valence-corrected chi connectivity index (χ2v) is 6.90. The van der Waals surface area contributed by atoms with E-state index in [0.717, 1.165) is 0 Å². The van der Waals surface area contributed by atoms with E-state index >= 15 is 0 Å². The number of carbonyl (C=O) groups is 1. The molecule has 0 spiro atoms. The van der Waals surface area contributed by atoms with Crippen LogP contribution in [-0.2, 0) is 11.3 Å². The first-order chi connectivity index (χ1) is 14.3. The normalized spacial score (nSPS) is 11.0. The molecule has 0 saturated heterocycles. The van der Waals surface area contributed by atoms with Gasteiger partial charge < -0.3 is 9.88 Å². The smallest absolute Gasteiger partial charge is 0.270 e. The predicted molar refractivity (Wildman–Crippen MR) is 112 cm³/mol. The number of fused-ring (bicyclic) bond motifs is 2. The molecule has 1 N–H and O–H groups in total. The molecule has 0 unspecified atom stereocenters. The molecule has 0 saturated carbocycles. The molecule has 0 aliphatic rings. The summed E-state index contributed by atoms with van der Waals surface area (Å²) in [4.78, 5) is 36.1. The molecule has 1 amide bonds. The topological polar surface area (TPSA) is 94.2 Å². The minimum Gasteiger partial charge on any atom is -0.331 e. The maximum absolute atomic E-state index is 13.8. The van der Waals surface area contributed by atoms with Gasteiger partial charge in [-0.1, -0.05) is 18.2 Å². The summed E-state index contributed by atoms with van der Waals surface area (Å²) in [6, 6.07) is 15.1. The molecule has 8 heteroatoms. The van der Waals surface area contributed by atoms with E-state index in [2.05, 4.69) is 5.32 Å². The van der Waals surface area contributed by atoms with Gasteiger partial charge in [-0.2, -0.15) is 0 Å². The van der Waals surface area contributed by atoms with Crippen LogP contribution < -0.4 is 10.7 Å². The van der Waals surface area contributed by atoms with Crippen molar-refractivity contribution in [1.29, 1.82) is 0 Å². The van der Waals surface area contributed by atoms with Crippen LogP contribution in [-0.4, -0.2) is 15.4 Å². The van der Waals surface area contributed by atoms with Gasteiger partial charge in [0.15, 0.2) is 5.43 Å². The van der Waals surface area contributed by atoms with Gasteiger partial charge in [0.05, 0.1) is 21.3 Å². The SMILES string of the molecule is Cc1ccc(NC(=O)Cn2c3ccccc3c(=O)c3cc([N+](=O)[O-])ccc32)cc1F. The Hall–Kier alpha value is -4.07. The number of nitrogens with zero attached hydrogens (tertiary/aromatic N) is 2. The van der Waals surface area contributed by atoms with Gasteiger partial charge >= 0.3 is 0 Å². The van der Waals surface area contributed by atoms with Crippen molar-refractivity contribution in [2.24, 2.45) is 0 Å². The van der Waals surface area contributed by atoms with E-state index < -0.39 is 16.6 Å². The number of halogens is 1. The monoisotopic (exact) mass is 405 g/mol. The molecule has 4 aromatic rings. The number of nitro benzene ring substituents is 1. The molecular weight excluding hydrogens is 389 g/mol. The van der Waals surface area contributed by atoms with Crippen molar-refractivity contribution < 1.29 is 14.1 Å². The summed E-state index contributed by atoms with van der Waals surface area (Å²) < 4.78 is 15.4. The number of benzene rings is 3. The minimum atomic E-state index is -0.572.